The fourth-order valence-corrected chi connectivity index (χ4v) is 3.22. The average Bonchev–Trinajstić information content (AvgIpc) is 3.07. The molecule has 0 spiro atoms. The SMILES string of the molecule is CCNC(=NCC1CCN(CC)C1)NC(C)CCc1ccccc1.I. The van der Waals surface area contributed by atoms with Crippen LogP contribution in [0.4, 0.5) is 0 Å². The van der Waals surface area contributed by atoms with Gasteiger partial charge in [-0.1, -0.05) is 37.3 Å². The zero-order valence-electron chi connectivity index (χ0n) is 16.0. The first-order valence-corrected chi connectivity index (χ1v) is 9.52. The average molecular weight is 458 g/mol. The summed E-state index contributed by atoms with van der Waals surface area (Å²) in [5.74, 6) is 1.67. The van der Waals surface area contributed by atoms with Gasteiger partial charge in [-0.2, -0.15) is 0 Å². The van der Waals surface area contributed by atoms with Gasteiger partial charge in [0.25, 0.3) is 0 Å². The molecule has 0 aliphatic carbocycles. The van der Waals surface area contributed by atoms with Crippen LogP contribution in [0.1, 0.15) is 39.2 Å². The maximum absolute atomic E-state index is 4.83. The third kappa shape index (κ3) is 8.40. The van der Waals surface area contributed by atoms with Crippen molar-refractivity contribution in [3.8, 4) is 0 Å². The monoisotopic (exact) mass is 458 g/mol. The molecule has 0 saturated carbocycles. The lowest BCUT2D eigenvalue weighted by atomic mass is 10.1. The standard InChI is InChI=1S/C20H34N4.HI/c1-4-21-20(22-15-19-13-14-24(5-2)16-19)23-17(3)11-12-18-9-7-6-8-10-18;/h6-10,17,19H,4-5,11-16H2,1-3H3,(H2,21,22,23);1H. The van der Waals surface area contributed by atoms with E-state index in [9.17, 15) is 0 Å². The Hall–Kier alpha value is -0.820. The number of nitrogens with one attached hydrogen (secondary N) is 2. The topological polar surface area (TPSA) is 39.7 Å². The second-order valence-corrected chi connectivity index (χ2v) is 6.84. The fraction of sp³-hybridized carbons (Fsp3) is 0.650. The van der Waals surface area contributed by atoms with Gasteiger partial charge in [-0.15, -0.1) is 24.0 Å². The van der Waals surface area contributed by atoms with E-state index in [1.807, 2.05) is 0 Å². The van der Waals surface area contributed by atoms with Gasteiger partial charge in [0.15, 0.2) is 5.96 Å². The van der Waals surface area contributed by atoms with Gasteiger partial charge in [0.2, 0.25) is 0 Å². The minimum Gasteiger partial charge on any atom is -0.357 e. The lowest BCUT2D eigenvalue weighted by Gasteiger charge is -2.18. The number of hydrogen-bond donors (Lipinski definition) is 2. The van der Waals surface area contributed by atoms with Gasteiger partial charge in [0.1, 0.15) is 0 Å². The van der Waals surface area contributed by atoms with Crippen LogP contribution in [-0.2, 0) is 6.42 Å². The summed E-state index contributed by atoms with van der Waals surface area (Å²) < 4.78 is 0. The van der Waals surface area contributed by atoms with Crippen LogP contribution < -0.4 is 10.6 Å². The highest BCUT2D eigenvalue weighted by Gasteiger charge is 2.20. The van der Waals surface area contributed by atoms with Gasteiger partial charge in [0.05, 0.1) is 0 Å². The summed E-state index contributed by atoms with van der Waals surface area (Å²) in [6, 6.07) is 11.1. The molecule has 1 aromatic carbocycles. The van der Waals surface area contributed by atoms with Crippen LogP contribution in [0.25, 0.3) is 0 Å². The van der Waals surface area contributed by atoms with Crippen molar-refractivity contribution in [2.24, 2.45) is 10.9 Å². The summed E-state index contributed by atoms with van der Waals surface area (Å²) in [7, 11) is 0. The maximum atomic E-state index is 4.83. The van der Waals surface area contributed by atoms with Crippen LogP contribution in [0, 0.1) is 5.92 Å². The molecule has 2 atom stereocenters. The molecule has 2 unspecified atom stereocenters. The number of aryl methyl sites for hydroxylation is 1. The molecule has 1 heterocycles. The molecule has 142 valence electrons. The van der Waals surface area contributed by atoms with E-state index < -0.39 is 0 Å². The normalized spacial score (nSPS) is 19.3. The van der Waals surface area contributed by atoms with Crippen LogP contribution in [-0.4, -0.2) is 49.6 Å². The van der Waals surface area contributed by atoms with Crippen molar-refractivity contribution < 1.29 is 0 Å². The van der Waals surface area contributed by atoms with E-state index in [-0.39, 0.29) is 24.0 Å². The summed E-state index contributed by atoms with van der Waals surface area (Å²) in [5, 5.41) is 6.95. The van der Waals surface area contributed by atoms with Crippen molar-refractivity contribution in [1.82, 2.24) is 15.5 Å². The van der Waals surface area contributed by atoms with E-state index in [0.717, 1.165) is 38.4 Å². The van der Waals surface area contributed by atoms with Crippen molar-refractivity contribution in [2.45, 2.75) is 46.1 Å². The Morgan fingerprint density at radius 1 is 1.28 bits per heavy atom. The van der Waals surface area contributed by atoms with Gasteiger partial charge in [-0.05, 0) is 57.7 Å². The number of halogens is 1. The van der Waals surface area contributed by atoms with Gasteiger partial charge in [0, 0.05) is 25.7 Å². The summed E-state index contributed by atoms with van der Waals surface area (Å²) >= 11 is 0. The molecule has 25 heavy (non-hydrogen) atoms. The van der Waals surface area contributed by atoms with Crippen LogP contribution in [0.3, 0.4) is 0 Å². The third-order valence-electron chi connectivity index (χ3n) is 4.76. The smallest absolute Gasteiger partial charge is 0.191 e. The third-order valence-corrected chi connectivity index (χ3v) is 4.76. The summed E-state index contributed by atoms with van der Waals surface area (Å²) in [6.45, 7) is 12.0. The number of nitrogens with zero attached hydrogens (tertiary/aromatic N) is 2. The molecule has 1 aliphatic heterocycles. The van der Waals surface area contributed by atoms with Crippen molar-refractivity contribution in [3.05, 3.63) is 35.9 Å². The Morgan fingerprint density at radius 3 is 2.68 bits per heavy atom. The van der Waals surface area contributed by atoms with E-state index in [1.54, 1.807) is 0 Å². The first-order chi connectivity index (χ1) is 11.7. The summed E-state index contributed by atoms with van der Waals surface area (Å²) in [6.07, 6.45) is 3.49. The lowest BCUT2D eigenvalue weighted by Crippen LogP contribution is -2.42. The number of guanidine groups is 1. The van der Waals surface area contributed by atoms with E-state index in [0.29, 0.717) is 12.0 Å². The Bertz CT molecular complexity index is 492. The van der Waals surface area contributed by atoms with Crippen molar-refractivity contribution >= 4 is 29.9 Å². The van der Waals surface area contributed by atoms with Crippen molar-refractivity contribution in [3.63, 3.8) is 0 Å². The number of benzene rings is 1. The second-order valence-electron chi connectivity index (χ2n) is 6.84. The van der Waals surface area contributed by atoms with Crippen LogP contribution in [0.15, 0.2) is 35.3 Å². The van der Waals surface area contributed by atoms with Gasteiger partial charge in [-0.25, -0.2) is 0 Å². The zero-order chi connectivity index (χ0) is 17.2. The molecular weight excluding hydrogens is 423 g/mol. The number of hydrogen-bond acceptors (Lipinski definition) is 2. The molecule has 0 amide bonds. The summed E-state index contributed by atoms with van der Waals surface area (Å²) in [4.78, 5) is 7.34. The molecule has 1 saturated heterocycles. The van der Waals surface area contributed by atoms with Crippen LogP contribution in [0.5, 0.6) is 0 Å². The van der Waals surface area contributed by atoms with E-state index in [1.165, 1.54) is 25.1 Å². The lowest BCUT2D eigenvalue weighted by molar-refractivity contribution is 0.343. The van der Waals surface area contributed by atoms with Crippen molar-refractivity contribution in [2.75, 3.05) is 32.7 Å². The molecule has 1 aromatic rings. The Labute approximate surface area is 170 Å². The first-order valence-electron chi connectivity index (χ1n) is 9.52. The molecule has 1 aliphatic rings. The highest BCUT2D eigenvalue weighted by Crippen LogP contribution is 2.15. The minimum atomic E-state index is 0. The van der Waals surface area contributed by atoms with E-state index >= 15 is 0 Å². The Morgan fingerprint density at radius 2 is 2.04 bits per heavy atom. The highest BCUT2D eigenvalue weighted by molar-refractivity contribution is 14.0. The number of rotatable bonds is 8. The quantitative estimate of drug-likeness (QED) is 0.356. The maximum Gasteiger partial charge on any atom is 0.191 e. The molecule has 1 fully saturated rings. The Kier molecular flexibility index (Phi) is 11.1. The molecule has 2 N–H and O–H groups in total. The Balaban J connectivity index is 0.00000312. The predicted octanol–water partition coefficient (Wildman–Crippen LogP) is 3.52. The van der Waals surface area contributed by atoms with Gasteiger partial charge < -0.3 is 15.5 Å². The van der Waals surface area contributed by atoms with Gasteiger partial charge >= 0.3 is 0 Å². The molecule has 0 radical (unpaired) electrons. The first kappa shape index (κ1) is 22.2. The predicted molar refractivity (Wildman–Crippen MR) is 119 cm³/mol. The zero-order valence-corrected chi connectivity index (χ0v) is 18.3. The number of likely N-dealkylation sites (tertiary alicyclic amines) is 1. The molecule has 0 bridgehead atoms. The van der Waals surface area contributed by atoms with E-state index in [4.69, 9.17) is 4.99 Å². The molecule has 0 aromatic heterocycles. The van der Waals surface area contributed by atoms with Crippen LogP contribution in [0.2, 0.25) is 0 Å². The fourth-order valence-electron chi connectivity index (χ4n) is 3.22. The molecule has 4 nitrogen and oxygen atoms in total. The minimum absolute atomic E-state index is 0. The second kappa shape index (κ2) is 12.5. The summed E-state index contributed by atoms with van der Waals surface area (Å²) in [5.41, 5.74) is 1.40. The van der Waals surface area contributed by atoms with Crippen molar-refractivity contribution in [1.29, 1.82) is 0 Å². The van der Waals surface area contributed by atoms with Gasteiger partial charge in [-0.3, -0.25) is 4.99 Å². The van der Waals surface area contributed by atoms with E-state index in [2.05, 4.69) is 66.6 Å². The molecule has 5 heteroatoms. The molecular formula is C20H35IN4. The largest absolute Gasteiger partial charge is 0.357 e. The highest BCUT2D eigenvalue weighted by atomic mass is 127. The number of aliphatic imine (C=N–C) groups is 1. The molecule has 2 rings (SSSR count). The van der Waals surface area contributed by atoms with Crippen LogP contribution >= 0.6 is 24.0 Å².